The van der Waals surface area contributed by atoms with Gasteiger partial charge >= 0.3 is 0 Å². The molecule has 0 fully saturated rings. The first-order valence-corrected chi connectivity index (χ1v) is 4.93. The van der Waals surface area contributed by atoms with Crippen molar-refractivity contribution in [2.75, 3.05) is 0 Å². The van der Waals surface area contributed by atoms with Crippen LogP contribution in [0.4, 0.5) is 0 Å². The van der Waals surface area contributed by atoms with E-state index in [2.05, 4.69) is 37.6 Å². The predicted octanol–water partition coefficient (Wildman–Crippen LogP) is 1.67. The van der Waals surface area contributed by atoms with Gasteiger partial charge in [0.05, 0.1) is 0 Å². The molecule has 1 heterocycles. The fraction of sp³-hybridized carbons (Fsp3) is 0.636. The monoisotopic (exact) mass is 178 g/mol. The molecule has 0 aliphatic heterocycles. The molecule has 1 aliphatic carbocycles. The van der Waals surface area contributed by atoms with Gasteiger partial charge in [-0.15, -0.1) is 0 Å². The van der Waals surface area contributed by atoms with Crippen molar-refractivity contribution in [3.63, 3.8) is 0 Å². The summed E-state index contributed by atoms with van der Waals surface area (Å²) >= 11 is 0. The van der Waals surface area contributed by atoms with Gasteiger partial charge in [-0.05, 0) is 38.8 Å². The Kier molecular flexibility index (Phi) is 1.77. The number of hydrogen-bond donors (Lipinski definition) is 1. The quantitative estimate of drug-likeness (QED) is 0.643. The van der Waals surface area contributed by atoms with Crippen LogP contribution in [-0.2, 0) is 18.4 Å². The first-order valence-electron chi connectivity index (χ1n) is 4.93. The van der Waals surface area contributed by atoms with Crippen molar-refractivity contribution in [2.24, 2.45) is 5.73 Å². The van der Waals surface area contributed by atoms with Crippen LogP contribution in [0.2, 0.25) is 0 Å². The third-order valence-corrected chi connectivity index (χ3v) is 2.75. The van der Waals surface area contributed by atoms with E-state index in [0.717, 1.165) is 12.8 Å². The van der Waals surface area contributed by atoms with Gasteiger partial charge in [-0.1, -0.05) is 0 Å². The largest absolute Gasteiger partial charge is 0.346 e. The van der Waals surface area contributed by atoms with Gasteiger partial charge in [-0.25, -0.2) is 0 Å². The van der Waals surface area contributed by atoms with Crippen LogP contribution in [-0.4, -0.2) is 10.6 Å². The maximum Gasteiger partial charge on any atom is 0.0358 e. The van der Waals surface area contributed by atoms with Gasteiger partial charge in [0.25, 0.3) is 0 Å². The summed E-state index contributed by atoms with van der Waals surface area (Å²) in [5.41, 5.74) is 9.01. The minimum absolute atomic E-state index is 0.192. The molecule has 0 saturated carbocycles. The molecule has 2 rings (SSSR count). The minimum Gasteiger partial charge on any atom is -0.346 e. The van der Waals surface area contributed by atoms with Crippen molar-refractivity contribution in [1.29, 1.82) is 0 Å². The number of hydrogen-bond acceptors (Lipinski definition) is 1. The maximum atomic E-state index is 5.93. The lowest BCUT2D eigenvalue weighted by Gasteiger charge is -2.24. The Labute approximate surface area is 79.7 Å². The van der Waals surface area contributed by atoms with Crippen LogP contribution in [0.1, 0.15) is 32.0 Å². The first kappa shape index (κ1) is 8.82. The Bertz CT molecular complexity index is 317. The zero-order chi connectivity index (χ0) is 9.64. The Hall–Kier alpha value is -0.760. The highest BCUT2D eigenvalue weighted by atomic mass is 15.0. The summed E-state index contributed by atoms with van der Waals surface area (Å²) in [6, 6.07) is 2.56. The molecule has 2 nitrogen and oxygen atoms in total. The second kappa shape index (κ2) is 2.61. The molecule has 0 radical (unpaired) electrons. The highest BCUT2D eigenvalue weighted by Crippen LogP contribution is 2.27. The summed E-state index contributed by atoms with van der Waals surface area (Å²) in [6.45, 7) is 6.70. The predicted molar refractivity (Wildman–Crippen MR) is 54.8 cm³/mol. The molecule has 0 saturated heterocycles. The van der Waals surface area contributed by atoms with Crippen molar-refractivity contribution in [1.82, 2.24) is 4.57 Å². The highest BCUT2D eigenvalue weighted by molar-refractivity contribution is 5.30. The van der Waals surface area contributed by atoms with Crippen LogP contribution in [0.15, 0.2) is 12.3 Å². The van der Waals surface area contributed by atoms with Crippen LogP contribution in [0.5, 0.6) is 0 Å². The Morgan fingerprint density at radius 3 is 2.69 bits per heavy atom. The van der Waals surface area contributed by atoms with Gasteiger partial charge in [0.1, 0.15) is 0 Å². The van der Waals surface area contributed by atoms with Gasteiger partial charge < -0.3 is 10.3 Å². The van der Waals surface area contributed by atoms with Crippen molar-refractivity contribution < 1.29 is 0 Å². The van der Waals surface area contributed by atoms with E-state index in [1.165, 1.54) is 11.3 Å². The molecule has 0 spiro atoms. The third-order valence-electron chi connectivity index (χ3n) is 2.75. The SMILES string of the molecule is CC(C)(C)n1ccc2c1CC(N)C2. The van der Waals surface area contributed by atoms with Gasteiger partial charge in [0, 0.05) is 29.9 Å². The highest BCUT2D eigenvalue weighted by Gasteiger charge is 2.25. The third kappa shape index (κ3) is 1.39. The summed E-state index contributed by atoms with van der Waals surface area (Å²) in [5, 5.41) is 0. The number of nitrogens with two attached hydrogens (primary N) is 1. The van der Waals surface area contributed by atoms with Crippen molar-refractivity contribution in [2.45, 2.75) is 45.2 Å². The van der Waals surface area contributed by atoms with Crippen LogP contribution in [0.25, 0.3) is 0 Å². The summed E-state index contributed by atoms with van der Waals surface area (Å²) in [4.78, 5) is 0. The van der Waals surface area contributed by atoms with Gasteiger partial charge in [-0.2, -0.15) is 0 Å². The van der Waals surface area contributed by atoms with Crippen molar-refractivity contribution in [3.8, 4) is 0 Å². The Morgan fingerprint density at radius 1 is 1.38 bits per heavy atom. The molecule has 1 unspecified atom stereocenters. The molecular weight excluding hydrogens is 160 g/mol. The zero-order valence-corrected chi connectivity index (χ0v) is 8.67. The lowest BCUT2D eigenvalue weighted by atomic mass is 10.1. The number of fused-ring (bicyclic) bond motifs is 1. The van der Waals surface area contributed by atoms with E-state index in [-0.39, 0.29) is 5.54 Å². The summed E-state index contributed by atoms with van der Waals surface area (Å²) in [7, 11) is 0. The van der Waals surface area contributed by atoms with E-state index in [0.29, 0.717) is 6.04 Å². The molecule has 2 heteroatoms. The Balaban J connectivity index is 2.42. The fourth-order valence-corrected chi connectivity index (χ4v) is 2.15. The van der Waals surface area contributed by atoms with Crippen molar-refractivity contribution in [3.05, 3.63) is 23.5 Å². The number of nitrogens with zero attached hydrogens (tertiary/aromatic N) is 1. The molecule has 1 aromatic heterocycles. The summed E-state index contributed by atoms with van der Waals surface area (Å²) in [5.74, 6) is 0. The molecule has 0 aromatic carbocycles. The minimum atomic E-state index is 0.192. The van der Waals surface area contributed by atoms with Crippen LogP contribution in [0.3, 0.4) is 0 Å². The average molecular weight is 178 g/mol. The van der Waals surface area contributed by atoms with E-state index in [4.69, 9.17) is 5.73 Å². The summed E-state index contributed by atoms with van der Waals surface area (Å²) in [6.07, 6.45) is 4.29. The Morgan fingerprint density at radius 2 is 2.08 bits per heavy atom. The van der Waals surface area contributed by atoms with Crippen LogP contribution >= 0.6 is 0 Å². The molecule has 2 N–H and O–H groups in total. The standard InChI is InChI=1S/C11H18N2/c1-11(2,3)13-5-4-8-6-9(12)7-10(8)13/h4-5,9H,6-7,12H2,1-3H3. The summed E-state index contributed by atoms with van der Waals surface area (Å²) < 4.78 is 2.36. The molecule has 1 aliphatic rings. The second-order valence-electron chi connectivity index (χ2n) is 5.00. The molecule has 72 valence electrons. The fourth-order valence-electron chi connectivity index (χ4n) is 2.15. The molecule has 0 bridgehead atoms. The van der Waals surface area contributed by atoms with E-state index >= 15 is 0 Å². The lowest BCUT2D eigenvalue weighted by molar-refractivity contribution is 0.386. The van der Waals surface area contributed by atoms with Gasteiger partial charge in [-0.3, -0.25) is 0 Å². The van der Waals surface area contributed by atoms with E-state index < -0.39 is 0 Å². The molecule has 13 heavy (non-hydrogen) atoms. The topological polar surface area (TPSA) is 30.9 Å². The normalized spacial score (nSPS) is 22.0. The zero-order valence-electron chi connectivity index (χ0n) is 8.67. The first-order chi connectivity index (χ1) is 5.98. The number of rotatable bonds is 0. The smallest absolute Gasteiger partial charge is 0.0358 e. The van der Waals surface area contributed by atoms with E-state index in [1.807, 2.05) is 0 Å². The second-order valence-corrected chi connectivity index (χ2v) is 5.00. The van der Waals surface area contributed by atoms with Crippen molar-refractivity contribution >= 4 is 0 Å². The van der Waals surface area contributed by atoms with Gasteiger partial charge in [0.2, 0.25) is 0 Å². The molecule has 1 aromatic rings. The maximum absolute atomic E-state index is 5.93. The van der Waals surface area contributed by atoms with E-state index in [1.54, 1.807) is 0 Å². The molecule has 0 amide bonds. The molecule has 1 atom stereocenters. The number of aromatic nitrogens is 1. The lowest BCUT2D eigenvalue weighted by Crippen LogP contribution is -2.25. The molecular formula is C11H18N2. The van der Waals surface area contributed by atoms with Crippen LogP contribution < -0.4 is 5.73 Å². The van der Waals surface area contributed by atoms with E-state index in [9.17, 15) is 0 Å². The van der Waals surface area contributed by atoms with Crippen LogP contribution in [0, 0.1) is 0 Å². The average Bonchev–Trinajstić information content (AvgIpc) is 2.41. The van der Waals surface area contributed by atoms with Gasteiger partial charge in [0.15, 0.2) is 0 Å².